The molecule has 0 saturated heterocycles. The fourth-order valence-corrected chi connectivity index (χ4v) is 4.28. The summed E-state index contributed by atoms with van der Waals surface area (Å²) in [7, 11) is 1.43. The minimum Gasteiger partial charge on any atom is -0.494 e. The number of unbranched alkanes of at least 4 members (excludes halogenated alkanes) is 1. The van der Waals surface area contributed by atoms with Gasteiger partial charge in [-0.25, -0.2) is 4.39 Å². The predicted octanol–water partition coefficient (Wildman–Crippen LogP) is 4.12. The molecule has 1 amide bonds. The van der Waals surface area contributed by atoms with Gasteiger partial charge >= 0.3 is 4.87 Å². The van der Waals surface area contributed by atoms with E-state index in [4.69, 9.17) is 4.74 Å². The molecule has 4 aromatic rings. The van der Waals surface area contributed by atoms with E-state index in [1.807, 2.05) is 23.0 Å². The summed E-state index contributed by atoms with van der Waals surface area (Å²) in [6.07, 6.45) is 5.39. The Morgan fingerprint density at radius 3 is 2.85 bits per heavy atom. The largest absolute Gasteiger partial charge is 0.494 e. The zero-order valence-electron chi connectivity index (χ0n) is 18.0. The molecular formula is C24H23FN4O3S. The van der Waals surface area contributed by atoms with Crippen LogP contribution < -0.4 is 14.9 Å². The molecule has 0 aliphatic rings. The van der Waals surface area contributed by atoms with Gasteiger partial charge in [-0.1, -0.05) is 23.5 Å². The maximum atomic E-state index is 13.6. The number of rotatable bonds is 9. The van der Waals surface area contributed by atoms with Crippen LogP contribution in [0.3, 0.4) is 0 Å². The van der Waals surface area contributed by atoms with Gasteiger partial charge in [-0.2, -0.15) is 5.10 Å². The van der Waals surface area contributed by atoms with Gasteiger partial charge in [-0.3, -0.25) is 18.8 Å². The first kappa shape index (κ1) is 22.5. The first-order valence-corrected chi connectivity index (χ1v) is 11.4. The highest BCUT2D eigenvalue weighted by Gasteiger charge is 2.16. The molecule has 0 atom stereocenters. The van der Waals surface area contributed by atoms with Crippen LogP contribution in [0.5, 0.6) is 5.75 Å². The number of carbonyl (C=O) groups excluding carboxylic acids is 1. The molecule has 9 heteroatoms. The zero-order valence-corrected chi connectivity index (χ0v) is 18.8. The Balaban J connectivity index is 1.49. The number of ether oxygens (including phenoxy) is 1. The normalized spacial score (nSPS) is 10.8. The van der Waals surface area contributed by atoms with Gasteiger partial charge in [0, 0.05) is 48.1 Å². The molecular weight excluding hydrogens is 443 g/mol. The summed E-state index contributed by atoms with van der Waals surface area (Å²) in [5.74, 6) is -0.385. The number of nitrogens with zero attached hydrogens (tertiary/aromatic N) is 3. The molecule has 2 aromatic carbocycles. The van der Waals surface area contributed by atoms with Crippen LogP contribution in [0.4, 0.5) is 4.39 Å². The highest BCUT2D eigenvalue weighted by Crippen LogP contribution is 2.29. The van der Waals surface area contributed by atoms with Crippen molar-refractivity contribution in [2.75, 3.05) is 13.7 Å². The number of amides is 1. The van der Waals surface area contributed by atoms with Crippen LogP contribution in [-0.2, 0) is 6.54 Å². The van der Waals surface area contributed by atoms with E-state index in [0.29, 0.717) is 29.1 Å². The number of aryl methyl sites for hydroxylation is 1. The number of hydrogen-bond acceptors (Lipinski definition) is 5. The molecule has 0 aliphatic carbocycles. The van der Waals surface area contributed by atoms with E-state index in [2.05, 4.69) is 10.4 Å². The SMILES string of the molecule is COc1cc(F)ccc1-n1c(-c2cccc(C(=O)NCCCCn3cccn3)c2)csc1=O. The minimum atomic E-state index is -0.455. The number of aromatic nitrogens is 3. The van der Waals surface area contributed by atoms with E-state index in [0.717, 1.165) is 30.7 Å². The third-order valence-corrected chi connectivity index (χ3v) is 5.88. The van der Waals surface area contributed by atoms with E-state index >= 15 is 0 Å². The molecule has 2 heterocycles. The Kier molecular flexibility index (Phi) is 6.99. The summed E-state index contributed by atoms with van der Waals surface area (Å²) >= 11 is 1.03. The molecule has 7 nitrogen and oxygen atoms in total. The van der Waals surface area contributed by atoms with Crippen LogP contribution in [0.1, 0.15) is 23.2 Å². The van der Waals surface area contributed by atoms with Crippen LogP contribution >= 0.6 is 11.3 Å². The number of halogens is 1. The molecule has 0 unspecified atom stereocenters. The molecule has 2 aromatic heterocycles. The van der Waals surface area contributed by atoms with Crippen molar-refractivity contribution in [3.8, 4) is 22.7 Å². The van der Waals surface area contributed by atoms with Crippen LogP contribution in [0.2, 0.25) is 0 Å². The second kappa shape index (κ2) is 10.3. The Hall–Kier alpha value is -3.72. The van der Waals surface area contributed by atoms with E-state index in [9.17, 15) is 14.0 Å². The van der Waals surface area contributed by atoms with Gasteiger partial charge in [0.05, 0.1) is 18.5 Å². The van der Waals surface area contributed by atoms with Crippen molar-refractivity contribution in [1.29, 1.82) is 0 Å². The molecule has 0 radical (unpaired) electrons. The third kappa shape index (κ3) is 5.20. The summed E-state index contributed by atoms with van der Waals surface area (Å²) in [6.45, 7) is 1.36. The van der Waals surface area contributed by atoms with Gasteiger partial charge in [0.1, 0.15) is 11.6 Å². The lowest BCUT2D eigenvalue weighted by Gasteiger charge is -2.13. The van der Waals surface area contributed by atoms with Crippen LogP contribution in [0, 0.1) is 5.82 Å². The van der Waals surface area contributed by atoms with Crippen molar-refractivity contribution in [3.63, 3.8) is 0 Å². The van der Waals surface area contributed by atoms with E-state index in [1.54, 1.807) is 29.8 Å². The summed E-state index contributed by atoms with van der Waals surface area (Å²) in [5, 5.41) is 8.82. The minimum absolute atomic E-state index is 0.181. The fourth-order valence-electron chi connectivity index (χ4n) is 3.53. The molecule has 4 rings (SSSR count). The summed E-state index contributed by atoms with van der Waals surface area (Å²) < 4.78 is 22.3. The van der Waals surface area contributed by atoms with Gasteiger partial charge < -0.3 is 10.1 Å². The number of hydrogen-bond donors (Lipinski definition) is 1. The molecule has 0 bridgehead atoms. The standard InChI is InChI=1S/C24H23FN4O3S/c1-32-22-15-19(25)8-9-20(22)29-21(16-33-24(29)31)17-6-4-7-18(14-17)23(30)26-10-2-3-12-28-13-5-11-27-28/h4-9,11,13-16H,2-3,10,12H2,1H3,(H,26,30). The van der Waals surface area contributed by atoms with Crippen molar-refractivity contribution < 1.29 is 13.9 Å². The second-order valence-electron chi connectivity index (χ2n) is 7.35. The highest BCUT2D eigenvalue weighted by molar-refractivity contribution is 7.07. The van der Waals surface area contributed by atoms with Gasteiger partial charge in [-0.15, -0.1) is 0 Å². The fraction of sp³-hybridized carbons (Fsp3) is 0.208. The van der Waals surface area contributed by atoms with Gasteiger partial charge in [-0.05, 0) is 43.2 Å². The third-order valence-electron chi connectivity index (χ3n) is 5.16. The Morgan fingerprint density at radius 2 is 2.06 bits per heavy atom. The monoisotopic (exact) mass is 466 g/mol. The molecule has 0 fully saturated rings. The molecule has 0 saturated carbocycles. The van der Waals surface area contributed by atoms with Crippen molar-refractivity contribution in [2.24, 2.45) is 0 Å². The van der Waals surface area contributed by atoms with Gasteiger partial charge in [0.25, 0.3) is 5.91 Å². The van der Waals surface area contributed by atoms with Crippen molar-refractivity contribution in [2.45, 2.75) is 19.4 Å². The molecule has 0 spiro atoms. The van der Waals surface area contributed by atoms with Crippen LogP contribution in [-0.4, -0.2) is 33.9 Å². The molecule has 1 N–H and O–H groups in total. The first-order chi connectivity index (χ1) is 16.1. The lowest BCUT2D eigenvalue weighted by atomic mass is 10.1. The van der Waals surface area contributed by atoms with Crippen LogP contribution in [0.25, 0.3) is 16.9 Å². The first-order valence-electron chi connectivity index (χ1n) is 10.5. The number of carbonyl (C=O) groups is 1. The second-order valence-corrected chi connectivity index (χ2v) is 8.17. The smallest absolute Gasteiger partial charge is 0.312 e. The topological polar surface area (TPSA) is 78.2 Å². The molecule has 33 heavy (non-hydrogen) atoms. The maximum Gasteiger partial charge on any atom is 0.312 e. The molecule has 170 valence electrons. The van der Waals surface area contributed by atoms with Gasteiger partial charge in [0.2, 0.25) is 0 Å². The Bertz CT molecular complexity index is 1300. The van der Waals surface area contributed by atoms with Crippen molar-refractivity contribution in [3.05, 3.63) is 87.4 Å². The summed E-state index contributed by atoms with van der Waals surface area (Å²) in [4.78, 5) is 25.0. The van der Waals surface area contributed by atoms with E-state index in [-0.39, 0.29) is 16.5 Å². The number of nitrogens with one attached hydrogen (secondary N) is 1. The lowest BCUT2D eigenvalue weighted by Crippen LogP contribution is -2.24. The predicted molar refractivity (Wildman–Crippen MR) is 126 cm³/mol. The highest BCUT2D eigenvalue weighted by atomic mass is 32.1. The Labute approximate surface area is 194 Å². The average Bonchev–Trinajstić information content (AvgIpc) is 3.48. The number of thiazole rings is 1. The van der Waals surface area contributed by atoms with Crippen molar-refractivity contribution >= 4 is 17.2 Å². The number of methoxy groups -OCH3 is 1. The van der Waals surface area contributed by atoms with E-state index < -0.39 is 5.82 Å². The molecule has 0 aliphatic heterocycles. The van der Waals surface area contributed by atoms with Crippen molar-refractivity contribution in [1.82, 2.24) is 19.7 Å². The van der Waals surface area contributed by atoms with E-state index in [1.165, 1.54) is 29.9 Å². The summed E-state index contributed by atoms with van der Waals surface area (Å²) in [5.41, 5.74) is 2.23. The Morgan fingerprint density at radius 1 is 1.18 bits per heavy atom. The zero-order chi connectivity index (χ0) is 23.2. The van der Waals surface area contributed by atoms with Gasteiger partial charge in [0.15, 0.2) is 0 Å². The quantitative estimate of drug-likeness (QED) is 0.377. The maximum absolute atomic E-state index is 13.6. The average molecular weight is 467 g/mol. The van der Waals surface area contributed by atoms with Crippen LogP contribution in [0.15, 0.2) is 71.1 Å². The number of benzene rings is 2. The summed E-state index contributed by atoms with van der Waals surface area (Å²) in [6, 6.07) is 13.0. The lowest BCUT2D eigenvalue weighted by molar-refractivity contribution is 0.0953.